The van der Waals surface area contributed by atoms with E-state index in [1.54, 1.807) is 4.90 Å². The topological polar surface area (TPSA) is 110 Å². The first-order valence-electron chi connectivity index (χ1n) is 8.51. The van der Waals surface area contributed by atoms with Crippen LogP contribution in [0.5, 0.6) is 0 Å². The largest absolute Gasteiger partial charge is 0.368 e. The van der Waals surface area contributed by atoms with Gasteiger partial charge in [0.1, 0.15) is 0 Å². The van der Waals surface area contributed by atoms with Crippen LogP contribution in [0.4, 0.5) is 11.8 Å². The maximum absolute atomic E-state index is 12.6. The number of hydrazine groups is 1. The highest BCUT2D eigenvalue weighted by atomic mass is 16.2. The van der Waals surface area contributed by atoms with E-state index in [1.807, 2.05) is 56.3 Å². The molecule has 0 bridgehead atoms. The number of benzene rings is 2. The fourth-order valence-electron chi connectivity index (χ4n) is 2.96. The lowest BCUT2D eigenvalue weighted by atomic mass is 10.0. The molecule has 2 aromatic carbocycles. The molecule has 5 N–H and O–H groups in total. The highest BCUT2D eigenvalue weighted by Crippen LogP contribution is 2.28. The predicted molar refractivity (Wildman–Crippen MR) is 104 cm³/mol. The van der Waals surface area contributed by atoms with Crippen LogP contribution in [0.15, 0.2) is 42.5 Å². The molecule has 1 heterocycles. The molecule has 0 saturated carbocycles. The summed E-state index contributed by atoms with van der Waals surface area (Å²) in [4.78, 5) is 22.7. The van der Waals surface area contributed by atoms with Crippen molar-refractivity contribution in [2.75, 3.05) is 24.2 Å². The molecule has 0 aliphatic carbocycles. The third kappa shape index (κ3) is 3.29. The van der Waals surface area contributed by atoms with Gasteiger partial charge in [-0.15, -0.1) is 0 Å². The van der Waals surface area contributed by atoms with Crippen molar-refractivity contribution in [3.05, 3.63) is 48.0 Å². The Morgan fingerprint density at radius 3 is 2.50 bits per heavy atom. The standard InChI is InChI=1S/C19H22N6O/c1-3-25(4-2)18(26)14-7-5-6-12(10-14)13-8-9-16-15(11-13)17(24-21)23-19(20)22-16/h5-11H,3-4,21H2,1-2H3,(H3,20,22,23,24). The Bertz CT molecular complexity index is 952. The van der Waals surface area contributed by atoms with Gasteiger partial charge in [-0.25, -0.2) is 10.8 Å². The molecule has 0 unspecified atom stereocenters. The van der Waals surface area contributed by atoms with Crippen LogP contribution >= 0.6 is 0 Å². The molecule has 26 heavy (non-hydrogen) atoms. The van der Waals surface area contributed by atoms with Gasteiger partial charge in [-0.3, -0.25) is 4.79 Å². The lowest BCUT2D eigenvalue weighted by Crippen LogP contribution is -2.30. The van der Waals surface area contributed by atoms with E-state index in [1.165, 1.54) is 0 Å². The third-order valence-corrected chi connectivity index (χ3v) is 4.34. The molecular formula is C19H22N6O. The van der Waals surface area contributed by atoms with Crippen LogP contribution in [0.1, 0.15) is 24.2 Å². The molecule has 0 saturated heterocycles. The first-order chi connectivity index (χ1) is 12.6. The Kier molecular flexibility index (Phi) is 4.99. The average Bonchev–Trinajstić information content (AvgIpc) is 2.67. The lowest BCUT2D eigenvalue weighted by molar-refractivity contribution is 0.0773. The molecule has 0 fully saturated rings. The molecule has 3 rings (SSSR count). The van der Waals surface area contributed by atoms with Crippen LogP contribution in [0.2, 0.25) is 0 Å². The number of nitrogens with one attached hydrogen (secondary N) is 1. The van der Waals surface area contributed by atoms with Gasteiger partial charge in [-0.2, -0.15) is 4.98 Å². The number of nitrogens with zero attached hydrogens (tertiary/aromatic N) is 3. The summed E-state index contributed by atoms with van der Waals surface area (Å²) < 4.78 is 0. The second kappa shape index (κ2) is 7.37. The number of amides is 1. The van der Waals surface area contributed by atoms with Crippen molar-refractivity contribution in [3.8, 4) is 11.1 Å². The van der Waals surface area contributed by atoms with Gasteiger partial charge in [0.15, 0.2) is 5.82 Å². The summed E-state index contributed by atoms with van der Waals surface area (Å²) in [5, 5.41) is 0.764. The minimum Gasteiger partial charge on any atom is -0.368 e. The molecule has 7 heteroatoms. The predicted octanol–water partition coefficient (Wildman–Crippen LogP) is 2.65. The molecule has 0 atom stereocenters. The molecule has 134 valence electrons. The number of hydrogen-bond acceptors (Lipinski definition) is 6. The smallest absolute Gasteiger partial charge is 0.253 e. The van der Waals surface area contributed by atoms with Gasteiger partial charge in [-0.1, -0.05) is 18.2 Å². The molecule has 1 aromatic heterocycles. The second-order valence-electron chi connectivity index (χ2n) is 5.86. The van der Waals surface area contributed by atoms with Crippen LogP contribution in [0, 0.1) is 0 Å². The summed E-state index contributed by atoms with van der Waals surface area (Å²) in [5.74, 6) is 6.20. The van der Waals surface area contributed by atoms with E-state index < -0.39 is 0 Å². The Labute approximate surface area is 152 Å². The van der Waals surface area contributed by atoms with E-state index >= 15 is 0 Å². The Morgan fingerprint density at radius 1 is 1.08 bits per heavy atom. The van der Waals surface area contributed by atoms with Crippen molar-refractivity contribution in [2.24, 2.45) is 5.84 Å². The fourth-order valence-corrected chi connectivity index (χ4v) is 2.96. The minimum atomic E-state index is 0.0260. The zero-order valence-electron chi connectivity index (χ0n) is 14.9. The average molecular weight is 350 g/mol. The van der Waals surface area contributed by atoms with Gasteiger partial charge < -0.3 is 16.1 Å². The number of rotatable bonds is 5. The fraction of sp³-hybridized carbons (Fsp3) is 0.211. The normalized spacial score (nSPS) is 10.7. The van der Waals surface area contributed by atoms with Crippen molar-refractivity contribution in [1.29, 1.82) is 0 Å². The monoisotopic (exact) mass is 350 g/mol. The molecular weight excluding hydrogens is 328 g/mol. The zero-order chi connectivity index (χ0) is 18.7. The molecule has 1 amide bonds. The van der Waals surface area contributed by atoms with Crippen LogP contribution in [0.3, 0.4) is 0 Å². The van der Waals surface area contributed by atoms with E-state index in [4.69, 9.17) is 11.6 Å². The van der Waals surface area contributed by atoms with E-state index in [2.05, 4.69) is 15.4 Å². The molecule has 3 aromatic rings. The van der Waals surface area contributed by atoms with E-state index in [0.717, 1.165) is 16.5 Å². The summed E-state index contributed by atoms with van der Waals surface area (Å²) in [6.07, 6.45) is 0. The number of nitrogens with two attached hydrogens (primary N) is 2. The van der Waals surface area contributed by atoms with Crippen LogP contribution in [-0.2, 0) is 0 Å². The van der Waals surface area contributed by atoms with Crippen molar-refractivity contribution in [2.45, 2.75) is 13.8 Å². The van der Waals surface area contributed by atoms with Crippen LogP contribution in [0.25, 0.3) is 22.0 Å². The zero-order valence-corrected chi connectivity index (χ0v) is 14.9. The lowest BCUT2D eigenvalue weighted by Gasteiger charge is -2.19. The number of fused-ring (bicyclic) bond motifs is 1. The van der Waals surface area contributed by atoms with Crippen LogP contribution in [-0.4, -0.2) is 33.9 Å². The molecule has 0 aliphatic heterocycles. The molecule has 0 radical (unpaired) electrons. The number of carbonyl (C=O) groups excluding carboxylic acids is 1. The van der Waals surface area contributed by atoms with Gasteiger partial charge in [0.2, 0.25) is 5.95 Å². The SMILES string of the molecule is CCN(CC)C(=O)c1cccc(-c2ccc3nc(N)nc(NN)c3c2)c1. The van der Waals surface area contributed by atoms with E-state index in [9.17, 15) is 4.79 Å². The summed E-state index contributed by atoms with van der Waals surface area (Å²) in [5.41, 5.74) is 11.5. The maximum Gasteiger partial charge on any atom is 0.253 e. The molecule has 7 nitrogen and oxygen atoms in total. The molecule has 0 aliphatic rings. The summed E-state index contributed by atoms with van der Waals surface area (Å²) in [7, 11) is 0. The van der Waals surface area contributed by atoms with Gasteiger partial charge in [0.25, 0.3) is 5.91 Å². The third-order valence-electron chi connectivity index (χ3n) is 4.34. The Hall–Kier alpha value is -3.19. The summed E-state index contributed by atoms with van der Waals surface area (Å²) in [6, 6.07) is 13.3. The summed E-state index contributed by atoms with van der Waals surface area (Å²) >= 11 is 0. The van der Waals surface area contributed by atoms with Crippen LogP contribution < -0.4 is 17.0 Å². The maximum atomic E-state index is 12.6. The number of anilines is 2. The van der Waals surface area contributed by atoms with Crippen molar-refractivity contribution >= 4 is 28.6 Å². The van der Waals surface area contributed by atoms with Gasteiger partial charge in [-0.05, 0) is 49.2 Å². The Balaban J connectivity index is 2.05. The van der Waals surface area contributed by atoms with Crippen molar-refractivity contribution in [3.63, 3.8) is 0 Å². The van der Waals surface area contributed by atoms with E-state index in [0.29, 0.717) is 30.0 Å². The van der Waals surface area contributed by atoms with Crippen molar-refractivity contribution < 1.29 is 4.79 Å². The summed E-state index contributed by atoms with van der Waals surface area (Å²) in [6.45, 7) is 5.31. The van der Waals surface area contributed by atoms with E-state index in [-0.39, 0.29) is 11.9 Å². The number of aromatic nitrogens is 2. The Morgan fingerprint density at radius 2 is 1.81 bits per heavy atom. The van der Waals surface area contributed by atoms with Crippen molar-refractivity contribution in [1.82, 2.24) is 14.9 Å². The highest BCUT2D eigenvalue weighted by molar-refractivity contribution is 5.97. The molecule has 0 spiro atoms. The minimum absolute atomic E-state index is 0.0260. The number of carbonyl (C=O) groups is 1. The van der Waals surface area contributed by atoms with Gasteiger partial charge in [0, 0.05) is 24.0 Å². The highest BCUT2D eigenvalue weighted by Gasteiger charge is 2.13. The quantitative estimate of drug-likeness (QED) is 0.482. The first-order valence-corrected chi connectivity index (χ1v) is 8.51. The number of nitrogen functional groups attached to an aromatic ring is 2. The second-order valence-corrected chi connectivity index (χ2v) is 5.86. The number of hydrogen-bond donors (Lipinski definition) is 3. The van der Waals surface area contributed by atoms with Gasteiger partial charge >= 0.3 is 0 Å². The van der Waals surface area contributed by atoms with Gasteiger partial charge in [0.05, 0.1) is 5.52 Å². The first kappa shape index (κ1) is 17.6.